The molecule has 0 unspecified atom stereocenters. The molecular formula is C13H15ClN2O4. The highest BCUT2D eigenvalue weighted by molar-refractivity contribution is 6.31. The van der Waals surface area contributed by atoms with Crippen LogP contribution in [0.1, 0.15) is 24.8 Å². The van der Waals surface area contributed by atoms with Crippen molar-refractivity contribution in [3.63, 3.8) is 0 Å². The number of aliphatic carboxylic acids is 1. The van der Waals surface area contributed by atoms with Crippen molar-refractivity contribution in [3.05, 3.63) is 38.9 Å². The number of hydrogen-bond acceptors (Lipinski definition) is 4. The molecule has 108 valence electrons. The Bertz CT molecular complexity index is 531. The molecule has 0 bridgehead atoms. The van der Waals surface area contributed by atoms with E-state index in [1.54, 1.807) is 12.1 Å². The van der Waals surface area contributed by atoms with E-state index in [-0.39, 0.29) is 12.1 Å². The van der Waals surface area contributed by atoms with Gasteiger partial charge in [0.2, 0.25) is 0 Å². The Labute approximate surface area is 121 Å². The van der Waals surface area contributed by atoms with Crippen molar-refractivity contribution in [1.29, 1.82) is 0 Å². The van der Waals surface area contributed by atoms with Gasteiger partial charge in [-0.2, -0.15) is 0 Å². The molecule has 0 radical (unpaired) electrons. The van der Waals surface area contributed by atoms with Crippen LogP contribution in [0.25, 0.3) is 0 Å². The molecule has 0 saturated heterocycles. The van der Waals surface area contributed by atoms with Crippen LogP contribution < -0.4 is 0 Å². The number of carboxylic acids is 1. The largest absolute Gasteiger partial charge is 0.481 e. The normalized spacial score (nSPS) is 14.5. The molecule has 0 atom stereocenters. The summed E-state index contributed by atoms with van der Waals surface area (Å²) in [6.45, 7) is 0.691. The van der Waals surface area contributed by atoms with E-state index in [1.165, 1.54) is 6.07 Å². The van der Waals surface area contributed by atoms with E-state index in [4.69, 9.17) is 16.7 Å². The van der Waals surface area contributed by atoms with Gasteiger partial charge in [0.05, 0.1) is 21.9 Å². The molecule has 1 N–H and O–H groups in total. The lowest BCUT2D eigenvalue weighted by Gasteiger charge is -2.21. The fraction of sp³-hybridized carbons (Fsp3) is 0.462. The first-order valence-electron chi connectivity index (χ1n) is 6.36. The van der Waals surface area contributed by atoms with Crippen molar-refractivity contribution in [3.8, 4) is 0 Å². The van der Waals surface area contributed by atoms with Gasteiger partial charge in [-0.15, -0.1) is 0 Å². The second kappa shape index (κ2) is 6.19. The van der Waals surface area contributed by atoms with Gasteiger partial charge in [0.1, 0.15) is 0 Å². The summed E-state index contributed by atoms with van der Waals surface area (Å²) >= 11 is 6.06. The van der Waals surface area contributed by atoms with Gasteiger partial charge < -0.3 is 5.11 Å². The summed E-state index contributed by atoms with van der Waals surface area (Å²) in [5.74, 6) is -0.871. The number of benzene rings is 1. The molecule has 1 aliphatic rings. The topological polar surface area (TPSA) is 83.7 Å². The van der Waals surface area contributed by atoms with Crippen LogP contribution in [-0.4, -0.2) is 33.5 Å². The molecular weight excluding hydrogens is 284 g/mol. The lowest BCUT2D eigenvalue weighted by molar-refractivity contribution is -0.385. The molecule has 0 aromatic heterocycles. The van der Waals surface area contributed by atoms with Crippen molar-refractivity contribution in [2.75, 3.05) is 6.54 Å². The minimum absolute atomic E-state index is 0.0153. The number of carboxylic acid groups (broad SMARTS) is 1. The Hall–Kier alpha value is -1.66. The molecule has 0 spiro atoms. The third-order valence-electron chi connectivity index (χ3n) is 3.33. The van der Waals surface area contributed by atoms with Crippen molar-refractivity contribution >= 4 is 23.3 Å². The predicted octanol–water partition coefficient (Wildman–Crippen LogP) is 2.69. The Morgan fingerprint density at radius 1 is 1.50 bits per heavy atom. The molecule has 6 nitrogen and oxygen atoms in total. The van der Waals surface area contributed by atoms with E-state index in [0.717, 1.165) is 12.8 Å². The predicted molar refractivity (Wildman–Crippen MR) is 73.8 cm³/mol. The maximum absolute atomic E-state index is 11.0. The van der Waals surface area contributed by atoms with Gasteiger partial charge in [-0.3, -0.25) is 19.8 Å². The standard InChI is InChI=1S/C13H15ClN2O4/c14-11-2-1-3-12(16(19)20)10(11)8-15(9-4-5-9)7-6-13(17)18/h1-3,9H,4-8H2,(H,17,18). The number of nitro groups is 1. The van der Waals surface area contributed by atoms with Crippen LogP contribution in [0.15, 0.2) is 18.2 Å². The Kier molecular flexibility index (Phi) is 4.57. The van der Waals surface area contributed by atoms with Gasteiger partial charge in [0.15, 0.2) is 0 Å². The van der Waals surface area contributed by atoms with Gasteiger partial charge in [-0.1, -0.05) is 17.7 Å². The highest BCUT2D eigenvalue weighted by atomic mass is 35.5. The smallest absolute Gasteiger partial charge is 0.304 e. The fourth-order valence-electron chi connectivity index (χ4n) is 2.15. The lowest BCUT2D eigenvalue weighted by Crippen LogP contribution is -2.28. The molecule has 1 fully saturated rings. The highest BCUT2D eigenvalue weighted by Crippen LogP contribution is 2.33. The maximum atomic E-state index is 11.0. The van der Waals surface area contributed by atoms with E-state index < -0.39 is 10.9 Å². The summed E-state index contributed by atoms with van der Waals surface area (Å²) < 4.78 is 0. The van der Waals surface area contributed by atoms with Crippen LogP contribution in [-0.2, 0) is 11.3 Å². The fourth-order valence-corrected chi connectivity index (χ4v) is 2.38. The molecule has 0 heterocycles. The molecule has 0 amide bonds. The molecule has 1 aromatic carbocycles. The zero-order chi connectivity index (χ0) is 14.7. The van der Waals surface area contributed by atoms with Gasteiger partial charge in [-0.05, 0) is 18.9 Å². The molecule has 1 aromatic rings. The third kappa shape index (κ3) is 3.68. The second-order valence-electron chi connectivity index (χ2n) is 4.84. The number of hydrogen-bond donors (Lipinski definition) is 1. The molecule has 0 aliphatic heterocycles. The van der Waals surface area contributed by atoms with Gasteiger partial charge in [0, 0.05) is 25.2 Å². The first-order chi connectivity index (χ1) is 9.49. The SMILES string of the molecule is O=C(O)CCN(Cc1c(Cl)cccc1[N+](=O)[O-])C1CC1. The molecule has 1 aliphatic carbocycles. The van der Waals surface area contributed by atoms with Crippen molar-refractivity contribution in [2.24, 2.45) is 0 Å². The first-order valence-corrected chi connectivity index (χ1v) is 6.74. The number of rotatable bonds is 7. The van der Waals surface area contributed by atoms with Gasteiger partial charge in [-0.25, -0.2) is 0 Å². The Morgan fingerprint density at radius 2 is 2.20 bits per heavy atom. The van der Waals surface area contributed by atoms with Crippen LogP contribution >= 0.6 is 11.6 Å². The molecule has 1 saturated carbocycles. The van der Waals surface area contributed by atoms with Gasteiger partial charge in [0.25, 0.3) is 5.69 Å². The number of halogens is 1. The summed E-state index contributed by atoms with van der Waals surface area (Å²) in [5.41, 5.74) is 0.440. The average Bonchev–Trinajstić information content (AvgIpc) is 3.19. The minimum Gasteiger partial charge on any atom is -0.481 e. The Balaban J connectivity index is 2.17. The lowest BCUT2D eigenvalue weighted by atomic mass is 10.1. The van der Waals surface area contributed by atoms with Crippen LogP contribution in [0, 0.1) is 10.1 Å². The quantitative estimate of drug-likeness (QED) is 0.618. The Morgan fingerprint density at radius 3 is 2.75 bits per heavy atom. The van der Waals surface area contributed by atoms with Crippen molar-refractivity contribution in [2.45, 2.75) is 31.8 Å². The summed E-state index contributed by atoms with van der Waals surface area (Å²) in [7, 11) is 0. The second-order valence-corrected chi connectivity index (χ2v) is 5.25. The molecule has 2 rings (SSSR count). The van der Waals surface area contributed by atoms with E-state index in [9.17, 15) is 14.9 Å². The zero-order valence-electron chi connectivity index (χ0n) is 10.8. The number of nitrogens with zero attached hydrogens (tertiary/aromatic N) is 2. The van der Waals surface area contributed by atoms with Crippen LogP contribution in [0.3, 0.4) is 0 Å². The van der Waals surface area contributed by atoms with Gasteiger partial charge >= 0.3 is 5.97 Å². The van der Waals surface area contributed by atoms with Crippen molar-refractivity contribution in [1.82, 2.24) is 4.90 Å². The molecule has 20 heavy (non-hydrogen) atoms. The third-order valence-corrected chi connectivity index (χ3v) is 3.68. The maximum Gasteiger partial charge on any atom is 0.304 e. The average molecular weight is 299 g/mol. The minimum atomic E-state index is -0.871. The van der Waals surface area contributed by atoms with Crippen molar-refractivity contribution < 1.29 is 14.8 Å². The number of carbonyl (C=O) groups is 1. The monoisotopic (exact) mass is 298 g/mol. The summed E-state index contributed by atoms with van der Waals surface area (Å²) in [5, 5.41) is 20.2. The summed E-state index contributed by atoms with van der Waals surface area (Å²) in [4.78, 5) is 23.2. The summed E-state index contributed by atoms with van der Waals surface area (Å²) in [6, 6.07) is 4.89. The van der Waals surface area contributed by atoms with E-state index in [1.807, 2.05) is 4.90 Å². The van der Waals surface area contributed by atoms with Crippen LogP contribution in [0.5, 0.6) is 0 Å². The number of nitro benzene ring substituents is 1. The first kappa shape index (κ1) is 14.7. The highest BCUT2D eigenvalue weighted by Gasteiger charge is 2.31. The van der Waals surface area contributed by atoms with E-state index >= 15 is 0 Å². The summed E-state index contributed by atoms with van der Waals surface area (Å²) in [6.07, 6.45) is 2.02. The van der Waals surface area contributed by atoms with E-state index in [2.05, 4.69) is 0 Å². The van der Waals surface area contributed by atoms with Crippen LogP contribution in [0.4, 0.5) is 5.69 Å². The zero-order valence-corrected chi connectivity index (χ0v) is 11.5. The van der Waals surface area contributed by atoms with E-state index in [0.29, 0.717) is 29.7 Å². The van der Waals surface area contributed by atoms with Crippen LogP contribution in [0.2, 0.25) is 5.02 Å². The molecule has 7 heteroatoms.